The third-order valence-electron chi connectivity index (χ3n) is 3.30. The molecule has 0 aliphatic rings. The second-order valence-electron chi connectivity index (χ2n) is 5.01. The van der Waals surface area contributed by atoms with Crippen molar-refractivity contribution in [3.05, 3.63) is 65.6 Å². The van der Waals surface area contributed by atoms with E-state index in [4.69, 9.17) is 16.1 Å². The normalized spacial score (nSPS) is 11.5. The van der Waals surface area contributed by atoms with Gasteiger partial charge in [0.25, 0.3) is 0 Å². The Morgan fingerprint density at radius 1 is 1.12 bits per heavy atom. The lowest BCUT2D eigenvalue weighted by molar-refractivity contribution is 0.423. The fourth-order valence-corrected chi connectivity index (χ4v) is 3.17. The van der Waals surface area contributed by atoms with Gasteiger partial charge >= 0.3 is 0 Å². The summed E-state index contributed by atoms with van der Waals surface area (Å²) in [6.45, 7) is 0.200. The standard InChI is InChI=1S/C16H14ClN3O3S/c17-16-7-6-14(11-18-16)24(21,22)19-9-8-13-10-15(23-20-13)12-4-2-1-3-5-12/h1-7,10-11,19H,8-9H2. The van der Waals surface area contributed by atoms with Crippen molar-refractivity contribution in [2.45, 2.75) is 11.3 Å². The van der Waals surface area contributed by atoms with Gasteiger partial charge < -0.3 is 4.52 Å². The van der Waals surface area contributed by atoms with Gasteiger partial charge in [0.1, 0.15) is 10.0 Å². The van der Waals surface area contributed by atoms with E-state index in [2.05, 4.69) is 14.9 Å². The van der Waals surface area contributed by atoms with E-state index < -0.39 is 10.0 Å². The molecule has 1 aromatic carbocycles. The molecule has 0 bridgehead atoms. The average Bonchev–Trinajstić information content (AvgIpc) is 3.05. The Labute approximate surface area is 144 Å². The van der Waals surface area contributed by atoms with E-state index in [0.29, 0.717) is 17.9 Å². The number of aromatic nitrogens is 2. The van der Waals surface area contributed by atoms with E-state index >= 15 is 0 Å². The fraction of sp³-hybridized carbons (Fsp3) is 0.125. The third-order valence-corrected chi connectivity index (χ3v) is 4.97. The molecule has 0 radical (unpaired) electrons. The van der Waals surface area contributed by atoms with E-state index in [1.807, 2.05) is 30.3 Å². The molecule has 0 aliphatic heterocycles. The lowest BCUT2D eigenvalue weighted by Gasteiger charge is -2.05. The number of hydrogen-bond donors (Lipinski definition) is 1. The SMILES string of the molecule is O=S(=O)(NCCc1cc(-c2ccccc2)on1)c1ccc(Cl)nc1. The summed E-state index contributed by atoms with van der Waals surface area (Å²) in [5, 5.41) is 4.20. The number of hydrogen-bond acceptors (Lipinski definition) is 5. The van der Waals surface area contributed by atoms with Crippen molar-refractivity contribution in [1.82, 2.24) is 14.9 Å². The van der Waals surface area contributed by atoms with Crippen LogP contribution in [0.1, 0.15) is 5.69 Å². The number of nitrogens with zero attached hydrogens (tertiary/aromatic N) is 2. The van der Waals surface area contributed by atoms with Crippen LogP contribution in [0.4, 0.5) is 0 Å². The number of benzene rings is 1. The lowest BCUT2D eigenvalue weighted by atomic mass is 10.1. The molecule has 0 atom stereocenters. The fourth-order valence-electron chi connectivity index (χ4n) is 2.09. The first-order valence-corrected chi connectivity index (χ1v) is 9.03. The minimum Gasteiger partial charge on any atom is -0.356 e. The lowest BCUT2D eigenvalue weighted by Crippen LogP contribution is -2.26. The summed E-state index contributed by atoms with van der Waals surface area (Å²) in [6.07, 6.45) is 1.63. The van der Waals surface area contributed by atoms with Crippen molar-refractivity contribution in [1.29, 1.82) is 0 Å². The number of halogens is 1. The van der Waals surface area contributed by atoms with Crippen LogP contribution in [0.3, 0.4) is 0 Å². The average molecular weight is 364 g/mol. The molecular formula is C16H14ClN3O3S. The molecule has 0 saturated carbocycles. The molecule has 2 heterocycles. The predicted octanol–water partition coefficient (Wildman–Crippen LogP) is 2.91. The third kappa shape index (κ3) is 4.00. The van der Waals surface area contributed by atoms with Gasteiger partial charge in [-0.15, -0.1) is 0 Å². The Balaban J connectivity index is 1.60. The van der Waals surface area contributed by atoms with Crippen molar-refractivity contribution in [2.24, 2.45) is 0 Å². The quantitative estimate of drug-likeness (QED) is 0.680. The monoisotopic (exact) mass is 363 g/mol. The molecule has 0 saturated heterocycles. The Bertz CT molecular complexity index is 909. The number of sulfonamides is 1. The second-order valence-corrected chi connectivity index (χ2v) is 7.17. The molecule has 0 fully saturated rings. The Hall–Kier alpha value is -2.22. The summed E-state index contributed by atoms with van der Waals surface area (Å²) >= 11 is 5.65. The first kappa shape index (κ1) is 16.6. The van der Waals surface area contributed by atoms with E-state index in [1.54, 1.807) is 6.07 Å². The Morgan fingerprint density at radius 2 is 1.92 bits per heavy atom. The number of pyridine rings is 1. The number of nitrogens with one attached hydrogen (secondary N) is 1. The molecule has 2 aromatic heterocycles. The first-order chi connectivity index (χ1) is 11.5. The maximum Gasteiger partial charge on any atom is 0.242 e. The minimum atomic E-state index is -3.62. The summed E-state index contributed by atoms with van der Waals surface area (Å²) in [5.74, 6) is 0.648. The van der Waals surface area contributed by atoms with Gasteiger partial charge in [-0.25, -0.2) is 18.1 Å². The van der Waals surface area contributed by atoms with Gasteiger partial charge in [0.2, 0.25) is 10.0 Å². The molecule has 3 rings (SSSR count). The topological polar surface area (TPSA) is 85.1 Å². The Morgan fingerprint density at radius 3 is 2.62 bits per heavy atom. The van der Waals surface area contributed by atoms with Crippen LogP contribution in [-0.2, 0) is 16.4 Å². The molecule has 1 N–H and O–H groups in total. The van der Waals surface area contributed by atoms with E-state index in [-0.39, 0.29) is 16.6 Å². The zero-order valence-corrected chi connectivity index (χ0v) is 14.1. The van der Waals surface area contributed by atoms with Crippen LogP contribution in [0.2, 0.25) is 5.15 Å². The van der Waals surface area contributed by atoms with E-state index in [1.165, 1.54) is 18.3 Å². The zero-order valence-electron chi connectivity index (χ0n) is 12.5. The van der Waals surface area contributed by atoms with Gasteiger partial charge in [0.05, 0.1) is 5.69 Å². The Kier molecular flexibility index (Phi) is 4.94. The van der Waals surface area contributed by atoms with Crippen molar-refractivity contribution in [2.75, 3.05) is 6.54 Å². The van der Waals surface area contributed by atoms with Crippen molar-refractivity contribution in [3.63, 3.8) is 0 Å². The number of rotatable bonds is 6. The summed E-state index contributed by atoms with van der Waals surface area (Å²) in [5.41, 5.74) is 1.59. The maximum absolute atomic E-state index is 12.1. The highest BCUT2D eigenvalue weighted by atomic mass is 35.5. The van der Waals surface area contributed by atoms with Gasteiger partial charge in [-0.05, 0) is 12.1 Å². The van der Waals surface area contributed by atoms with Crippen LogP contribution in [0.15, 0.2) is 64.1 Å². The van der Waals surface area contributed by atoms with E-state index in [0.717, 1.165) is 5.56 Å². The molecule has 0 unspecified atom stereocenters. The maximum atomic E-state index is 12.1. The van der Waals surface area contributed by atoms with Crippen LogP contribution in [0.5, 0.6) is 0 Å². The summed E-state index contributed by atoms with van der Waals surface area (Å²) in [7, 11) is -3.62. The van der Waals surface area contributed by atoms with Gasteiger partial charge in [-0.1, -0.05) is 47.1 Å². The minimum absolute atomic E-state index is 0.0667. The van der Waals surface area contributed by atoms with Gasteiger partial charge in [0.15, 0.2) is 5.76 Å². The highest BCUT2D eigenvalue weighted by Crippen LogP contribution is 2.19. The van der Waals surface area contributed by atoms with Crippen LogP contribution in [-0.4, -0.2) is 25.1 Å². The molecular weight excluding hydrogens is 350 g/mol. The molecule has 3 aromatic rings. The van der Waals surface area contributed by atoms with Gasteiger partial charge in [-0.3, -0.25) is 0 Å². The molecule has 0 aliphatic carbocycles. The van der Waals surface area contributed by atoms with Crippen molar-refractivity contribution >= 4 is 21.6 Å². The molecule has 0 amide bonds. The van der Waals surface area contributed by atoms with Gasteiger partial charge in [-0.2, -0.15) is 0 Å². The first-order valence-electron chi connectivity index (χ1n) is 7.17. The summed E-state index contributed by atoms with van der Waals surface area (Å²) < 4.78 is 32.0. The van der Waals surface area contributed by atoms with E-state index in [9.17, 15) is 8.42 Å². The summed E-state index contributed by atoms with van der Waals surface area (Å²) in [4.78, 5) is 3.83. The summed E-state index contributed by atoms with van der Waals surface area (Å²) in [6, 6.07) is 14.2. The van der Waals surface area contributed by atoms with Crippen LogP contribution in [0, 0.1) is 0 Å². The molecule has 24 heavy (non-hydrogen) atoms. The largest absolute Gasteiger partial charge is 0.356 e. The molecule has 124 valence electrons. The van der Waals surface area contributed by atoms with Crippen LogP contribution >= 0.6 is 11.6 Å². The molecule has 0 spiro atoms. The van der Waals surface area contributed by atoms with Crippen molar-refractivity contribution in [3.8, 4) is 11.3 Å². The smallest absolute Gasteiger partial charge is 0.242 e. The highest BCUT2D eigenvalue weighted by Gasteiger charge is 2.14. The molecule has 6 nitrogen and oxygen atoms in total. The van der Waals surface area contributed by atoms with Crippen LogP contribution < -0.4 is 4.72 Å². The second kappa shape index (κ2) is 7.12. The zero-order chi connectivity index (χ0) is 17.0. The highest BCUT2D eigenvalue weighted by molar-refractivity contribution is 7.89. The van der Waals surface area contributed by atoms with Crippen molar-refractivity contribution < 1.29 is 12.9 Å². The van der Waals surface area contributed by atoms with Gasteiger partial charge in [0, 0.05) is 30.8 Å². The van der Waals surface area contributed by atoms with Crippen LogP contribution in [0.25, 0.3) is 11.3 Å². The predicted molar refractivity (Wildman–Crippen MR) is 90.1 cm³/mol. The molecule has 8 heteroatoms.